The monoisotopic (exact) mass is 218 g/mol. The first kappa shape index (κ1) is 9.59. The van der Waals surface area contributed by atoms with Crippen molar-refractivity contribution in [1.29, 1.82) is 0 Å². The van der Waals surface area contributed by atoms with Gasteiger partial charge < -0.3 is 10.1 Å². The summed E-state index contributed by atoms with van der Waals surface area (Å²) in [6.07, 6.45) is 2.93. The van der Waals surface area contributed by atoms with Crippen molar-refractivity contribution in [2.24, 2.45) is 0 Å². The van der Waals surface area contributed by atoms with E-state index < -0.39 is 0 Å². The van der Waals surface area contributed by atoms with E-state index in [0.29, 0.717) is 12.0 Å². The largest absolute Gasteiger partial charge is 0.379 e. The van der Waals surface area contributed by atoms with Crippen LogP contribution in [-0.4, -0.2) is 33.9 Å². The topological polar surface area (TPSA) is 51.5 Å². The lowest BCUT2D eigenvalue weighted by atomic mass is 10.3. The smallest absolute Gasteiger partial charge is 0.243 e. The molecule has 0 spiro atoms. The zero-order valence-electron chi connectivity index (χ0n) is 9.18. The second-order valence-corrected chi connectivity index (χ2v) is 4.10. The first-order valence-electron chi connectivity index (χ1n) is 5.49. The molecule has 1 unspecified atom stereocenters. The molecule has 0 radical (unpaired) electrons. The molecule has 1 N–H and O–H groups in total. The van der Waals surface area contributed by atoms with Gasteiger partial charge in [-0.1, -0.05) is 6.07 Å². The molecular weight excluding hydrogens is 204 g/mol. The lowest BCUT2D eigenvalue weighted by molar-refractivity contribution is 0.195. The van der Waals surface area contributed by atoms with Crippen molar-refractivity contribution in [3.05, 3.63) is 23.9 Å². The van der Waals surface area contributed by atoms with Gasteiger partial charge in [0.15, 0.2) is 5.65 Å². The van der Waals surface area contributed by atoms with Crippen LogP contribution in [0.5, 0.6) is 0 Å². The Hall–Kier alpha value is -1.62. The van der Waals surface area contributed by atoms with Crippen molar-refractivity contribution in [3.63, 3.8) is 0 Å². The van der Waals surface area contributed by atoms with Crippen LogP contribution in [0.3, 0.4) is 0 Å². The van der Waals surface area contributed by atoms with Gasteiger partial charge >= 0.3 is 0 Å². The Morgan fingerprint density at radius 1 is 1.56 bits per heavy atom. The number of anilines is 1. The summed E-state index contributed by atoms with van der Waals surface area (Å²) in [5.41, 5.74) is 2.04. The van der Waals surface area contributed by atoms with E-state index in [9.17, 15) is 0 Å². The Kier molecular flexibility index (Phi) is 2.25. The first-order chi connectivity index (χ1) is 7.83. The number of pyridine rings is 1. The normalized spacial score (nSPS) is 20.4. The number of aromatic nitrogens is 3. The van der Waals surface area contributed by atoms with Gasteiger partial charge in [0.05, 0.1) is 12.6 Å². The van der Waals surface area contributed by atoms with E-state index in [2.05, 4.69) is 15.4 Å². The minimum absolute atomic E-state index is 0.345. The van der Waals surface area contributed by atoms with Crippen LogP contribution in [0.25, 0.3) is 5.65 Å². The van der Waals surface area contributed by atoms with E-state index in [1.54, 1.807) is 4.52 Å². The summed E-state index contributed by atoms with van der Waals surface area (Å²) in [7, 11) is 0. The van der Waals surface area contributed by atoms with Gasteiger partial charge in [-0.25, -0.2) is 4.52 Å². The van der Waals surface area contributed by atoms with Gasteiger partial charge in [0.2, 0.25) is 5.95 Å². The molecule has 84 valence electrons. The van der Waals surface area contributed by atoms with E-state index >= 15 is 0 Å². The van der Waals surface area contributed by atoms with Crippen LogP contribution in [0.2, 0.25) is 0 Å². The fraction of sp³-hybridized carbons (Fsp3) is 0.455. The highest BCUT2D eigenvalue weighted by Gasteiger charge is 2.17. The third-order valence-corrected chi connectivity index (χ3v) is 2.82. The minimum Gasteiger partial charge on any atom is -0.379 e. The van der Waals surface area contributed by atoms with Crippen LogP contribution in [0.1, 0.15) is 12.0 Å². The molecule has 1 saturated heterocycles. The van der Waals surface area contributed by atoms with Crippen LogP contribution in [-0.2, 0) is 4.74 Å². The summed E-state index contributed by atoms with van der Waals surface area (Å²) in [5.74, 6) is 0.685. The number of rotatable bonds is 2. The summed E-state index contributed by atoms with van der Waals surface area (Å²) in [6.45, 7) is 3.60. The van der Waals surface area contributed by atoms with Crippen LogP contribution in [0, 0.1) is 6.92 Å². The molecule has 3 heterocycles. The molecule has 0 amide bonds. The van der Waals surface area contributed by atoms with E-state index in [4.69, 9.17) is 4.74 Å². The maximum atomic E-state index is 5.30. The zero-order valence-corrected chi connectivity index (χ0v) is 9.18. The van der Waals surface area contributed by atoms with Crippen molar-refractivity contribution in [2.75, 3.05) is 18.5 Å². The van der Waals surface area contributed by atoms with Crippen molar-refractivity contribution in [1.82, 2.24) is 14.6 Å². The quantitative estimate of drug-likeness (QED) is 0.824. The Labute approximate surface area is 93.4 Å². The van der Waals surface area contributed by atoms with Crippen LogP contribution >= 0.6 is 0 Å². The number of nitrogens with one attached hydrogen (secondary N) is 1. The highest BCUT2D eigenvalue weighted by Crippen LogP contribution is 2.13. The molecule has 2 aromatic rings. The SMILES string of the molecule is Cc1cccn2nc(NC3CCOC3)nc12. The second kappa shape index (κ2) is 3.75. The molecule has 0 saturated carbocycles. The van der Waals surface area contributed by atoms with Gasteiger partial charge in [-0.15, -0.1) is 5.10 Å². The van der Waals surface area contributed by atoms with E-state index in [-0.39, 0.29) is 0 Å². The average Bonchev–Trinajstić information content (AvgIpc) is 2.88. The molecule has 2 aromatic heterocycles. The molecule has 1 aliphatic rings. The molecule has 1 fully saturated rings. The number of fused-ring (bicyclic) bond motifs is 1. The molecule has 0 bridgehead atoms. The minimum atomic E-state index is 0.345. The van der Waals surface area contributed by atoms with E-state index in [1.807, 2.05) is 25.3 Å². The Morgan fingerprint density at radius 2 is 2.50 bits per heavy atom. The summed E-state index contributed by atoms with van der Waals surface area (Å²) in [6, 6.07) is 4.35. The van der Waals surface area contributed by atoms with Gasteiger partial charge in [0.25, 0.3) is 0 Å². The van der Waals surface area contributed by atoms with Gasteiger partial charge in [-0.3, -0.25) is 0 Å². The third-order valence-electron chi connectivity index (χ3n) is 2.82. The Morgan fingerprint density at radius 3 is 3.25 bits per heavy atom. The predicted octanol–water partition coefficient (Wildman–Crippen LogP) is 1.24. The number of ether oxygens (including phenoxy) is 1. The highest BCUT2D eigenvalue weighted by atomic mass is 16.5. The molecule has 0 aromatic carbocycles. The summed E-state index contributed by atoms with van der Waals surface area (Å²) < 4.78 is 7.10. The number of nitrogens with zero attached hydrogens (tertiary/aromatic N) is 3. The van der Waals surface area contributed by atoms with Gasteiger partial charge in [-0.05, 0) is 25.0 Å². The summed E-state index contributed by atoms with van der Waals surface area (Å²) in [4.78, 5) is 4.46. The van der Waals surface area contributed by atoms with Crippen molar-refractivity contribution in [3.8, 4) is 0 Å². The Bertz CT molecular complexity index is 502. The molecular formula is C11H14N4O. The maximum absolute atomic E-state index is 5.30. The van der Waals surface area contributed by atoms with Crippen LogP contribution in [0.4, 0.5) is 5.95 Å². The first-order valence-corrected chi connectivity index (χ1v) is 5.49. The van der Waals surface area contributed by atoms with Crippen molar-refractivity contribution < 1.29 is 4.74 Å². The molecule has 16 heavy (non-hydrogen) atoms. The van der Waals surface area contributed by atoms with Crippen LogP contribution < -0.4 is 5.32 Å². The summed E-state index contributed by atoms with van der Waals surface area (Å²) in [5, 5.41) is 7.67. The predicted molar refractivity (Wildman–Crippen MR) is 60.6 cm³/mol. The number of aryl methyl sites for hydroxylation is 1. The van der Waals surface area contributed by atoms with Gasteiger partial charge in [0.1, 0.15) is 0 Å². The maximum Gasteiger partial charge on any atom is 0.243 e. The highest BCUT2D eigenvalue weighted by molar-refractivity contribution is 5.49. The van der Waals surface area contributed by atoms with E-state index in [1.165, 1.54) is 0 Å². The molecule has 3 rings (SSSR count). The average molecular weight is 218 g/mol. The van der Waals surface area contributed by atoms with Crippen molar-refractivity contribution >= 4 is 11.6 Å². The molecule has 1 atom stereocenters. The van der Waals surface area contributed by atoms with Crippen molar-refractivity contribution in [2.45, 2.75) is 19.4 Å². The van der Waals surface area contributed by atoms with Gasteiger partial charge in [0, 0.05) is 12.8 Å². The Balaban J connectivity index is 1.90. The standard InChI is InChI=1S/C11H14N4O/c1-8-3-2-5-15-10(8)13-11(14-15)12-9-4-6-16-7-9/h2-3,5,9H,4,6-7H2,1H3,(H,12,14). The fourth-order valence-electron chi connectivity index (χ4n) is 1.93. The molecule has 5 nitrogen and oxygen atoms in total. The lowest BCUT2D eigenvalue weighted by Gasteiger charge is -2.06. The number of hydrogen-bond donors (Lipinski definition) is 1. The third kappa shape index (κ3) is 1.63. The van der Waals surface area contributed by atoms with Gasteiger partial charge in [-0.2, -0.15) is 4.98 Å². The molecule has 1 aliphatic heterocycles. The second-order valence-electron chi connectivity index (χ2n) is 4.10. The fourth-order valence-corrected chi connectivity index (χ4v) is 1.93. The lowest BCUT2D eigenvalue weighted by Crippen LogP contribution is -2.19. The molecule has 5 heteroatoms. The van der Waals surface area contributed by atoms with E-state index in [0.717, 1.165) is 30.8 Å². The zero-order chi connectivity index (χ0) is 11.0. The molecule has 0 aliphatic carbocycles. The number of hydrogen-bond acceptors (Lipinski definition) is 4. The van der Waals surface area contributed by atoms with Crippen LogP contribution in [0.15, 0.2) is 18.3 Å². The summed E-state index contributed by atoms with van der Waals surface area (Å²) >= 11 is 0.